The Balaban J connectivity index is 1.28. The average Bonchev–Trinajstić information content (AvgIpc) is 3.42. The molecule has 1 aromatic carbocycles. The lowest BCUT2D eigenvalue weighted by molar-refractivity contribution is -0.133. The summed E-state index contributed by atoms with van der Waals surface area (Å²) in [7, 11) is 0. The number of piperidine rings is 2. The van der Waals surface area contributed by atoms with Crippen LogP contribution in [0.4, 0.5) is 9.80 Å². The number of likely N-dealkylation sites (N-methyl/N-ethyl adjacent to an activating group) is 1. The molecule has 204 valence electrons. The molecule has 2 saturated heterocycles. The van der Waals surface area contributed by atoms with Crippen molar-refractivity contribution in [3.8, 4) is 0 Å². The third-order valence-corrected chi connectivity index (χ3v) is 9.16. The molecule has 9 nitrogen and oxygen atoms in total. The summed E-state index contributed by atoms with van der Waals surface area (Å²) in [4.78, 5) is 50.6. The number of hydrogen-bond acceptors (Lipinski definition) is 6. The quantitative estimate of drug-likeness (QED) is 0.577. The molecule has 3 aliphatic rings. The van der Waals surface area contributed by atoms with Crippen molar-refractivity contribution in [2.24, 2.45) is 4.99 Å². The number of thiophene rings is 1. The molecule has 3 aliphatic heterocycles. The minimum atomic E-state index is -0.637. The van der Waals surface area contributed by atoms with Crippen molar-refractivity contribution >= 4 is 50.1 Å². The number of nitrogens with one attached hydrogen (secondary N) is 2. The van der Waals surface area contributed by atoms with E-state index in [2.05, 4.69) is 22.5 Å². The smallest absolute Gasteiger partial charge is 0.319 e. The summed E-state index contributed by atoms with van der Waals surface area (Å²) in [6, 6.07) is 7.83. The summed E-state index contributed by atoms with van der Waals surface area (Å²) in [6.07, 6.45) is 4.26. The summed E-state index contributed by atoms with van der Waals surface area (Å²) < 4.78 is 0.977. The van der Waals surface area contributed by atoms with Crippen molar-refractivity contribution in [3.63, 3.8) is 0 Å². The van der Waals surface area contributed by atoms with Crippen molar-refractivity contribution in [3.05, 3.63) is 29.8 Å². The first-order valence-corrected chi connectivity index (χ1v) is 14.7. The molecule has 5 rings (SSSR count). The van der Waals surface area contributed by atoms with E-state index in [1.807, 2.05) is 47.9 Å². The third kappa shape index (κ3) is 4.80. The van der Waals surface area contributed by atoms with Gasteiger partial charge in [-0.15, -0.1) is 11.3 Å². The lowest BCUT2D eigenvalue weighted by Crippen LogP contribution is -2.57. The molecule has 2 aromatic rings. The van der Waals surface area contributed by atoms with Gasteiger partial charge in [0.05, 0.1) is 5.56 Å². The predicted octanol–water partition coefficient (Wildman–Crippen LogP) is 4.15. The number of rotatable bonds is 6. The summed E-state index contributed by atoms with van der Waals surface area (Å²) in [5.41, 5.74) is -0.0632. The number of hydrogen-bond donors (Lipinski definition) is 2. The number of likely N-dealkylation sites (tertiary alicyclic amines) is 2. The second-order valence-corrected chi connectivity index (χ2v) is 11.4. The zero-order chi connectivity index (χ0) is 26.9. The number of carbonyl (C=O) groups is 3. The second kappa shape index (κ2) is 11.0. The molecule has 38 heavy (non-hydrogen) atoms. The number of benzene rings is 1. The van der Waals surface area contributed by atoms with E-state index in [0.717, 1.165) is 54.6 Å². The van der Waals surface area contributed by atoms with Crippen molar-refractivity contribution in [1.29, 1.82) is 0 Å². The molecule has 2 fully saturated rings. The molecule has 0 radical (unpaired) electrons. The SMILES string of the molecule is CCNC(=O)Nc1sc2ccccc2c1C(=O)N1CCC(N2CCCC3(C2)N=C(CC)N(CC)C3=O)CC1. The van der Waals surface area contributed by atoms with Crippen LogP contribution in [0, 0.1) is 0 Å². The Labute approximate surface area is 228 Å². The van der Waals surface area contributed by atoms with Crippen LogP contribution in [-0.2, 0) is 4.79 Å². The Hall–Kier alpha value is -2.98. The van der Waals surface area contributed by atoms with Crippen molar-refractivity contribution in [2.75, 3.05) is 44.6 Å². The van der Waals surface area contributed by atoms with Crippen molar-refractivity contribution < 1.29 is 14.4 Å². The van der Waals surface area contributed by atoms with Gasteiger partial charge in [0.25, 0.3) is 11.8 Å². The second-order valence-electron chi connectivity index (χ2n) is 10.3. The van der Waals surface area contributed by atoms with Crippen LogP contribution >= 0.6 is 11.3 Å². The number of aliphatic imine (C=N–C) groups is 1. The zero-order valence-electron chi connectivity index (χ0n) is 22.6. The summed E-state index contributed by atoms with van der Waals surface area (Å²) in [5, 5.41) is 7.11. The molecular weight excluding hydrogens is 500 g/mol. The number of fused-ring (bicyclic) bond motifs is 1. The molecule has 1 spiro atoms. The molecule has 1 aromatic heterocycles. The number of nitrogens with zero attached hydrogens (tertiary/aromatic N) is 4. The van der Waals surface area contributed by atoms with Crippen molar-refractivity contribution in [1.82, 2.24) is 20.0 Å². The number of carbonyl (C=O) groups excluding carboxylic acids is 3. The highest BCUT2D eigenvalue weighted by Gasteiger charge is 2.50. The molecule has 10 heteroatoms. The topological polar surface area (TPSA) is 97.3 Å². The summed E-state index contributed by atoms with van der Waals surface area (Å²) >= 11 is 1.43. The Morgan fingerprint density at radius 1 is 1.13 bits per heavy atom. The average molecular weight is 539 g/mol. The lowest BCUT2D eigenvalue weighted by Gasteiger charge is -2.44. The molecule has 4 amide bonds. The third-order valence-electron chi connectivity index (χ3n) is 8.07. The van der Waals surface area contributed by atoms with E-state index in [1.54, 1.807) is 0 Å². The van der Waals surface area contributed by atoms with Gasteiger partial charge in [0.1, 0.15) is 10.8 Å². The van der Waals surface area contributed by atoms with E-state index in [9.17, 15) is 14.4 Å². The molecule has 0 aliphatic carbocycles. The van der Waals surface area contributed by atoms with Crippen LogP contribution in [0.3, 0.4) is 0 Å². The van der Waals surface area contributed by atoms with Gasteiger partial charge in [0, 0.05) is 55.3 Å². The minimum Gasteiger partial charge on any atom is -0.338 e. The van der Waals surface area contributed by atoms with E-state index in [4.69, 9.17) is 4.99 Å². The highest BCUT2D eigenvalue weighted by Crippen LogP contribution is 2.38. The Bertz CT molecular complexity index is 1250. The molecular formula is C28H38N6O3S. The zero-order valence-corrected chi connectivity index (χ0v) is 23.4. The van der Waals surface area contributed by atoms with Crippen LogP contribution in [-0.4, -0.2) is 89.2 Å². The van der Waals surface area contributed by atoms with Gasteiger partial charge in [-0.2, -0.15) is 0 Å². The maximum Gasteiger partial charge on any atom is 0.319 e. The van der Waals surface area contributed by atoms with Gasteiger partial charge < -0.3 is 10.2 Å². The molecule has 0 saturated carbocycles. The Morgan fingerprint density at radius 3 is 2.58 bits per heavy atom. The standard InChI is InChI=1S/C28H38N6O3S/c1-4-22-31-28(26(36)34(22)6-3)14-9-15-33(18-28)19-12-16-32(17-13-19)25(35)23-20-10-7-8-11-21(20)38-24(23)30-27(37)29-5-2/h7-8,10-11,19H,4-6,9,12-18H2,1-3H3,(H2,29,30,37). The number of urea groups is 1. The Morgan fingerprint density at radius 2 is 1.89 bits per heavy atom. The van der Waals surface area contributed by atoms with Crippen LogP contribution in [0.5, 0.6) is 0 Å². The first kappa shape index (κ1) is 26.6. The van der Waals surface area contributed by atoms with Gasteiger partial charge in [-0.25, -0.2) is 4.79 Å². The van der Waals surface area contributed by atoms with E-state index >= 15 is 0 Å². The molecule has 1 atom stereocenters. The monoisotopic (exact) mass is 538 g/mol. The lowest BCUT2D eigenvalue weighted by atomic mass is 9.87. The van der Waals surface area contributed by atoms with Gasteiger partial charge in [-0.1, -0.05) is 25.1 Å². The largest absolute Gasteiger partial charge is 0.338 e. The van der Waals surface area contributed by atoms with E-state index in [-0.39, 0.29) is 17.8 Å². The van der Waals surface area contributed by atoms with Crippen LogP contribution in [0.1, 0.15) is 63.2 Å². The maximum atomic E-state index is 13.8. The van der Waals surface area contributed by atoms with Crippen LogP contribution in [0.15, 0.2) is 29.3 Å². The fourth-order valence-corrected chi connectivity index (χ4v) is 7.30. The van der Waals surface area contributed by atoms with Gasteiger partial charge in [-0.05, 0) is 52.1 Å². The first-order chi connectivity index (χ1) is 18.4. The summed E-state index contributed by atoms with van der Waals surface area (Å²) in [6.45, 7) is 10.1. The fraction of sp³-hybridized carbons (Fsp3) is 0.571. The highest BCUT2D eigenvalue weighted by molar-refractivity contribution is 7.23. The minimum absolute atomic E-state index is 0.0374. The maximum absolute atomic E-state index is 13.8. The van der Waals surface area contributed by atoms with Crippen LogP contribution in [0.2, 0.25) is 0 Å². The number of amidine groups is 1. The normalized spacial score (nSPS) is 22.8. The molecule has 4 heterocycles. The predicted molar refractivity (Wildman–Crippen MR) is 152 cm³/mol. The van der Waals surface area contributed by atoms with Crippen LogP contribution in [0.25, 0.3) is 10.1 Å². The highest BCUT2D eigenvalue weighted by atomic mass is 32.1. The van der Waals surface area contributed by atoms with Gasteiger partial charge >= 0.3 is 6.03 Å². The van der Waals surface area contributed by atoms with E-state index in [0.29, 0.717) is 49.3 Å². The van der Waals surface area contributed by atoms with Crippen molar-refractivity contribution in [2.45, 2.75) is 64.5 Å². The van der Waals surface area contributed by atoms with Crippen LogP contribution < -0.4 is 10.6 Å². The fourth-order valence-electron chi connectivity index (χ4n) is 6.21. The number of amides is 4. The van der Waals surface area contributed by atoms with Gasteiger partial charge in [-0.3, -0.25) is 29.7 Å². The molecule has 1 unspecified atom stereocenters. The number of anilines is 1. The molecule has 0 bridgehead atoms. The van der Waals surface area contributed by atoms with Gasteiger partial charge in [0.15, 0.2) is 5.54 Å². The van der Waals surface area contributed by atoms with Gasteiger partial charge in [0.2, 0.25) is 0 Å². The first-order valence-electron chi connectivity index (χ1n) is 13.9. The van der Waals surface area contributed by atoms with E-state index in [1.165, 1.54) is 11.3 Å². The van der Waals surface area contributed by atoms with E-state index < -0.39 is 5.54 Å². The molecule has 2 N–H and O–H groups in total. The Kier molecular flexibility index (Phi) is 7.72. The summed E-state index contributed by atoms with van der Waals surface area (Å²) in [5.74, 6) is 1.04.